The van der Waals surface area contributed by atoms with Gasteiger partial charge in [0.2, 0.25) is 5.91 Å². The number of hydrogen-bond acceptors (Lipinski definition) is 4. The van der Waals surface area contributed by atoms with E-state index in [9.17, 15) is 4.79 Å². The molecule has 6 heteroatoms. The molecule has 1 aliphatic heterocycles. The molecule has 1 fully saturated rings. The van der Waals surface area contributed by atoms with Crippen LogP contribution in [-0.4, -0.2) is 29.5 Å². The summed E-state index contributed by atoms with van der Waals surface area (Å²) in [5.74, 6) is 0.395. The molecule has 2 N–H and O–H groups in total. The number of carbonyl (C=O) groups excluding carboxylic acids is 1. The van der Waals surface area contributed by atoms with Gasteiger partial charge < -0.3 is 10.6 Å². The maximum absolute atomic E-state index is 12.2. The predicted octanol–water partition coefficient (Wildman–Crippen LogP) is 2.32. The molecule has 1 aromatic rings. The molecule has 4 nitrogen and oxygen atoms in total. The Labute approximate surface area is 124 Å². The van der Waals surface area contributed by atoms with Crippen molar-refractivity contribution >= 4 is 29.7 Å². The monoisotopic (exact) mass is 303 g/mol. The first-order valence-corrected chi connectivity index (χ1v) is 7.42. The zero-order valence-electron chi connectivity index (χ0n) is 11.4. The van der Waals surface area contributed by atoms with Crippen LogP contribution in [-0.2, 0) is 4.79 Å². The van der Waals surface area contributed by atoms with Crippen LogP contribution in [0.25, 0.3) is 0 Å². The van der Waals surface area contributed by atoms with Gasteiger partial charge in [0.25, 0.3) is 0 Å². The molecule has 19 heavy (non-hydrogen) atoms. The zero-order valence-corrected chi connectivity index (χ0v) is 13.1. The van der Waals surface area contributed by atoms with Crippen LogP contribution in [0.4, 0.5) is 0 Å². The molecule has 1 amide bonds. The van der Waals surface area contributed by atoms with Crippen molar-refractivity contribution in [2.45, 2.75) is 44.6 Å². The van der Waals surface area contributed by atoms with E-state index in [-0.39, 0.29) is 29.8 Å². The largest absolute Gasteiger partial charge is 0.354 e. The van der Waals surface area contributed by atoms with Crippen molar-refractivity contribution in [2.75, 3.05) is 13.1 Å². The normalized spacial score (nSPS) is 24.3. The molecule has 1 aliphatic rings. The Morgan fingerprint density at radius 2 is 2.42 bits per heavy atom. The van der Waals surface area contributed by atoms with E-state index in [2.05, 4.69) is 22.5 Å². The highest BCUT2D eigenvalue weighted by molar-refractivity contribution is 7.09. The van der Waals surface area contributed by atoms with Gasteiger partial charge in [-0.25, -0.2) is 4.98 Å². The number of aromatic nitrogens is 1. The number of nitrogens with one attached hydrogen (secondary N) is 2. The minimum atomic E-state index is -0.388. The number of halogens is 1. The van der Waals surface area contributed by atoms with E-state index in [4.69, 9.17) is 0 Å². The summed E-state index contributed by atoms with van der Waals surface area (Å²) < 4.78 is 0. The first-order valence-electron chi connectivity index (χ1n) is 6.54. The lowest BCUT2D eigenvalue weighted by atomic mass is 9.90. The van der Waals surface area contributed by atoms with Crippen molar-refractivity contribution in [1.82, 2.24) is 15.6 Å². The van der Waals surface area contributed by atoms with Crippen LogP contribution < -0.4 is 10.6 Å². The summed E-state index contributed by atoms with van der Waals surface area (Å²) in [5.41, 5.74) is -0.388. The minimum absolute atomic E-state index is 0. The average Bonchev–Trinajstić information content (AvgIpc) is 2.90. The van der Waals surface area contributed by atoms with Gasteiger partial charge in [0.15, 0.2) is 0 Å². The molecule has 0 spiro atoms. The second kappa shape index (κ2) is 7.22. The van der Waals surface area contributed by atoms with Crippen LogP contribution in [0.3, 0.4) is 0 Å². The number of amides is 1. The quantitative estimate of drug-likeness (QED) is 0.897. The summed E-state index contributed by atoms with van der Waals surface area (Å²) in [6, 6.07) is 0. The molecular formula is C13H22ClN3OS. The van der Waals surface area contributed by atoms with E-state index in [1.165, 1.54) is 6.42 Å². The van der Waals surface area contributed by atoms with Crippen molar-refractivity contribution in [3.8, 4) is 0 Å². The van der Waals surface area contributed by atoms with Crippen LogP contribution in [0.15, 0.2) is 11.6 Å². The number of hydrogen-bond donors (Lipinski definition) is 2. The van der Waals surface area contributed by atoms with Crippen molar-refractivity contribution in [2.24, 2.45) is 0 Å². The lowest BCUT2D eigenvalue weighted by molar-refractivity contribution is -0.128. The summed E-state index contributed by atoms with van der Waals surface area (Å²) >= 11 is 1.64. The number of nitrogens with zero attached hydrogens (tertiary/aromatic N) is 1. The number of thiazole rings is 1. The Balaban J connectivity index is 0.00000180. The topological polar surface area (TPSA) is 54.0 Å². The van der Waals surface area contributed by atoms with Crippen molar-refractivity contribution in [3.63, 3.8) is 0 Å². The van der Waals surface area contributed by atoms with Crippen LogP contribution in [0, 0.1) is 0 Å². The number of rotatable bonds is 4. The van der Waals surface area contributed by atoms with E-state index in [0.717, 1.165) is 24.4 Å². The maximum Gasteiger partial charge on any atom is 0.240 e. The Bertz CT molecular complexity index is 391. The Kier molecular flexibility index (Phi) is 6.23. The molecule has 2 unspecified atom stereocenters. The van der Waals surface area contributed by atoms with Crippen molar-refractivity contribution < 1.29 is 4.79 Å². The Morgan fingerprint density at radius 1 is 1.63 bits per heavy atom. The predicted molar refractivity (Wildman–Crippen MR) is 81.0 cm³/mol. The van der Waals surface area contributed by atoms with Crippen LogP contribution >= 0.6 is 23.7 Å². The van der Waals surface area contributed by atoms with Crippen LogP contribution in [0.2, 0.25) is 0 Å². The lowest BCUT2D eigenvalue weighted by Crippen LogP contribution is -2.57. The molecule has 1 saturated heterocycles. The molecule has 0 bridgehead atoms. The molecule has 2 atom stereocenters. The second-order valence-electron chi connectivity index (χ2n) is 5.20. The standard InChI is InChI=1S/C13H21N3OS.ClH/c1-10(11-14-7-8-18-11)9-15-12(17)13(2)5-3-4-6-16-13;/h7-8,10,16H,3-6,9H2,1-2H3,(H,15,17);1H. The van der Waals surface area contributed by atoms with Gasteiger partial charge in [0, 0.05) is 24.0 Å². The van der Waals surface area contributed by atoms with E-state index >= 15 is 0 Å². The Morgan fingerprint density at radius 3 is 3.00 bits per heavy atom. The van der Waals surface area contributed by atoms with Crippen molar-refractivity contribution in [1.29, 1.82) is 0 Å². The molecule has 0 aliphatic carbocycles. The smallest absolute Gasteiger partial charge is 0.240 e. The third kappa shape index (κ3) is 4.16. The first-order chi connectivity index (χ1) is 8.62. The first kappa shape index (κ1) is 16.4. The maximum atomic E-state index is 12.2. The highest BCUT2D eigenvalue weighted by Gasteiger charge is 2.34. The zero-order chi connectivity index (χ0) is 13.0. The van der Waals surface area contributed by atoms with Gasteiger partial charge in [-0.1, -0.05) is 6.92 Å². The third-order valence-corrected chi connectivity index (χ3v) is 4.57. The second-order valence-corrected chi connectivity index (χ2v) is 6.12. The fourth-order valence-corrected chi connectivity index (χ4v) is 2.95. The molecule has 2 heterocycles. The van der Waals surface area contributed by atoms with Crippen LogP contribution in [0.5, 0.6) is 0 Å². The van der Waals surface area contributed by atoms with Gasteiger partial charge in [-0.15, -0.1) is 23.7 Å². The Hall–Kier alpha value is -0.650. The molecule has 108 valence electrons. The van der Waals surface area contributed by atoms with Gasteiger partial charge in [0.1, 0.15) is 0 Å². The molecule has 0 saturated carbocycles. The van der Waals surface area contributed by atoms with Gasteiger partial charge in [0.05, 0.1) is 10.5 Å². The summed E-state index contributed by atoms with van der Waals surface area (Å²) in [4.78, 5) is 16.5. The molecule has 0 radical (unpaired) electrons. The van der Waals surface area contributed by atoms with Gasteiger partial charge in [-0.05, 0) is 32.7 Å². The molecule has 0 aromatic carbocycles. The highest BCUT2D eigenvalue weighted by atomic mass is 35.5. The minimum Gasteiger partial charge on any atom is -0.354 e. The van der Waals surface area contributed by atoms with E-state index in [1.807, 2.05) is 18.5 Å². The molecule has 2 rings (SSSR count). The molecule has 1 aromatic heterocycles. The lowest BCUT2D eigenvalue weighted by Gasteiger charge is -2.33. The fraction of sp³-hybridized carbons (Fsp3) is 0.692. The van der Waals surface area contributed by atoms with Gasteiger partial charge in [-0.2, -0.15) is 0 Å². The summed E-state index contributed by atoms with van der Waals surface area (Å²) in [6.45, 7) is 5.68. The van der Waals surface area contributed by atoms with E-state index in [1.54, 1.807) is 11.3 Å². The average molecular weight is 304 g/mol. The van der Waals surface area contributed by atoms with Crippen LogP contribution in [0.1, 0.15) is 44.0 Å². The molecular weight excluding hydrogens is 282 g/mol. The third-order valence-electron chi connectivity index (χ3n) is 3.56. The van der Waals surface area contributed by atoms with Gasteiger partial charge in [-0.3, -0.25) is 4.79 Å². The highest BCUT2D eigenvalue weighted by Crippen LogP contribution is 2.20. The van der Waals surface area contributed by atoms with Gasteiger partial charge >= 0.3 is 0 Å². The van der Waals surface area contributed by atoms with Crippen molar-refractivity contribution in [3.05, 3.63) is 16.6 Å². The van der Waals surface area contributed by atoms with E-state index in [0.29, 0.717) is 6.54 Å². The summed E-state index contributed by atoms with van der Waals surface area (Å²) in [7, 11) is 0. The number of piperidine rings is 1. The van der Waals surface area contributed by atoms with E-state index < -0.39 is 0 Å². The SMILES string of the molecule is CC(CNC(=O)C1(C)CCCCN1)c1nccs1.Cl. The fourth-order valence-electron chi connectivity index (χ4n) is 2.26. The summed E-state index contributed by atoms with van der Waals surface area (Å²) in [5, 5.41) is 9.43. The summed E-state index contributed by atoms with van der Waals surface area (Å²) in [6.07, 6.45) is 5.02. The number of carbonyl (C=O) groups is 1.